The van der Waals surface area contributed by atoms with Crippen molar-refractivity contribution >= 4 is 11.5 Å². The van der Waals surface area contributed by atoms with E-state index in [9.17, 15) is 0 Å². The van der Waals surface area contributed by atoms with Crippen LogP contribution in [-0.2, 0) is 4.74 Å². The van der Waals surface area contributed by atoms with Crippen molar-refractivity contribution < 1.29 is 4.74 Å². The first-order valence-corrected chi connectivity index (χ1v) is 6.11. The lowest BCUT2D eigenvalue weighted by Gasteiger charge is -2.21. The van der Waals surface area contributed by atoms with E-state index in [1.54, 1.807) is 0 Å². The van der Waals surface area contributed by atoms with Gasteiger partial charge in [0.15, 0.2) is 0 Å². The third-order valence-corrected chi connectivity index (χ3v) is 3.48. The predicted molar refractivity (Wildman–Crippen MR) is 67.2 cm³/mol. The van der Waals surface area contributed by atoms with Crippen LogP contribution >= 0.6 is 0 Å². The number of aromatic nitrogens is 2. The maximum Gasteiger partial charge on any atom is 0.138 e. The molecule has 1 aliphatic rings. The van der Waals surface area contributed by atoms with Crippen LogP contribution in [0.25, 0.3) is 5.65 Å². The van der Waals surface area contributed by atoms with Crippen molar-refractivity contribution in [3.63, 3.8) is 0 Å². The van der Waals surface area contributed by atoms with Crippen LogP contribution in [0, 0.1) is 5.92 Å². The molecule has 17 heavy (non-hydrogen) atoms. The van der Waals surface area contributed by atoms with Crippen molar-refractivity contribution in [3.05, 3.63) is 30.6 Å². The first-order valence-electron chi connectivity index (χ1n) is 6.11. The van der Waals surface area contributed by atoms with Gasteiger partial charge in [-0.15, -0.1) is 0 Å². The Hall–Kier alpha value is -1.55. The molecule has 3 rings (SSSR count). The van der Waals surface area contributed by atoms with Crippen LogP contribution in [0.5, 0.6) is 0 Å². The van der Waals surface area contributed by atoms with Gasteiger partial charge in [-0.2, -0.15) is 0 Å². The number of hydrogen-bond donors (Lipinski definition) is 1. The number of nitrogens with zero attached hydrogens (tertiary/aromatic N) is 2. The Kier molecular flexibility index (Phi) is 2.73. The number of nitrogens with one attached hydrogen (secondary N) is 1. The van der Waals surface area contributed by atoms with Gasteiger partial charge in [0.05, 0.1) is 6.61 Å². The molecule has 1 fully saturated rings. The Morgan fingerprint density at radius 2 is 2.47 bits per heavy atom. The Morgan fingerprint density at radius 1 is 1.53 bits per heavy atom. The summed E-state index contributed by atoms with van der Waals surface area (Å²) < 4.78 is 7.50. The number of imidazole rings is 1. The van der Waals surface area contributed by atoms with E-state index >= 15 is 0 Å². The average Bonchev–Trinajstić information content (AvgIpc) is 3.00. The number of anilines is 1. The Bertz CT molecular complexity index is 502. The fourth-order valence-corrected chi connectivity index (χ4v) is 2.36. The molecule has 0 spiro atoms. The second-order valence-corrected chi connectivity index (χ2v) is 4.62. The number of pyridine rings is 1. The van der Waals surface area contributed by atoms with Crippen molar-refractivity contribution in [1.82, 2.24) is 9.38 Å². The normalized spacial score (nSPS) is 21.8. The van der Waals surface area contributed by atoms with Crippen molar-refractivity contribution in [2.45, 2.75) is 19.4 Å². The minimum Gasteiger partial charge on any atom is -0.381 e. The summed E-state index contributed by atoms with van der Waals surface area (Å²) in [5.74, 6) is 1.70. The summed E-state index contributed by atoms with van der Waals surface area (Å²) in [7, 11) is 0. The zero-order chi connectivity index (χ0) is 11.7. The second kappa shape index (κ2) is 4.37. The van der Waals surface area contributed by atoms with E-state index in [1.807, 2.05) is 24.5 Å². The molecular formula is C13H17N3O. The molecule has 1 saturated heterocycles. The SMILES string of the molecule is CC(Nc1cccc2nccn12)C1CCOC1. The van der Waals surface area contributed by atoms with Gasteiger partial charge < -0.3 is 10.1 Å². The van der Waals surface area contributed by atoms with E-state index in [1.165, 1.54) is 0 Å². The smallest absolute Gasteiger partial charge is 0.138 e. The number of ether oxygens (including phenoxy) is 1. The molecular weight excluding hydrogens is 214 g/mol. The molecule has 0 bridgehead atoms. The van der Waals surface area contributed by atoms with E-state index < -0.39 is 0 Å². The van der Waals surface area contributed by atoms with Crippen LogP contribution in [0.2, 0.25) is 0 Å². The fourth-order valence-electron chi connectivity index (χ4n) is 2.36. The van der Waals surface area contributed by atoms with Crippen molar-refractivity contribution in [3.8, 4) is 0 Å². The summed E-state index contributed by atoms with van der Waals surface area (Å²) in [6, 6.07) is 6.54. The van der Waals surface area contributed by atoms with E-state index in [0.717, 1.165) is 31.1 Å². The third-order valence-electron chi connectivity index (χ3n) is 3.48. The van der Waals surface area contributed by atoms with Gasteiger partial charge in [0, 0.05) is 31.0 Å². The molecule has 90 valence electrons. The molecule has 2 atom stereocenters. The molecule has 2 unspecified atom stereocenters. The van der Waals surface area contributed by atoms with Gasteiger partial charge in [-0.3, -0.25) is 4.40 Å². The van der Waals surface area contributed by atoms with Gasteiger partial charge in [-0.1, -0.05) is 6.07 Å². The van der Waals surface area contributed by atoms with Gasteiger partial charge in [-0.05, 0) is 25.5 Å². The molecule has 2 aromatic heterocycles. The van der Waals surface area contributed by atoms with E-state index in [4.69, 9.17) is 4.74 Å². The van der Waals surface area contributed by atoms with E-state index in [2.05, 4.69) is 27.7 Å². The molecule has 0 saturated carbocycles. The maximum absolute atomic E-state index is 5.43. The quantitative estimate of drug-likeness (QED) is 0.879. The highest BCUT2D eigenvalue weighted by molar-refractivity contribution is 5.50. The van der Waals surface area contributed by atoms with Gasteiger partial charge >= 0.3 is 0 Å². The van der Waals surface area contributed by atoms with Gasteiger partial charge in [0.2, 0.25) is 0 Å². The number of fused-ring (bicyclic) bond motifs is 1. The highest BCUT2D eigenvalue weighted by Crippen LogP contribution is 2.20. The van der Waals surface area contributed by atoms with Crippen LogP contribution in [0.4, 0.5) is 5.82 Å². The largest absolute Gasteiger partial charge is 0.381 e. The van der Waals surface area contributed by atoms with Crippen LogP contribution < -0.4 is 5.32 Å². The van der Waals surface area contributed by atoms with Crippen LogP contribution in [-0.4, -0.2) is 28.6 Å². The summed E-state index contributed by atoms with van der Waals surface area (Å²) in [5.41, 5.74) is 0.977. The first kappa shape index (κ1) is 10.6. The minimum absolute atomic E-state index is 0.422. The summed E-state index contributed by atoms with van der Waals surface area (Å²) in [5, 5.41) is 3.56. The Morgan fingerprint density at radius 3 is 3.29 bits per heavy atom. The van der Waals surface area contributed by atoms with Crippen LogP contribution in [0.3, 0.4) is 0 Å². The number of rotatable bonds is 3. The zero-order valence-corrected chi connectivity index (χ0v) is 9.97. The topological polar surface area (TPSA) is 38.6 Å². The minimum atomic E-state index is 0.422. The highest BCUT2D eigenvalue weighted by Gasteiger charge is 2.22. The molecule has 2 aromatic rings. The van der Waals surface area contributed by atoms with Crippen molar-refractivity contribution in [2.75, 3.05) is 18.5 Å². The molecule has 1 aliphatic heterocycles. The molecule has 0 aliphatic carbocycles. The molecule has 4 heteroatoms. The van der Waals surface area contributed by atoms with Gasteiger partial charge in [0.1, 0.15) is 11.5 Å². The summed E-state index contributed by atoms with van der Waals surface area (Å²) in [6.45, 7) is 3.98. The van der Waals surface area contributed by atoms with Crippen LogP contribution in [0.15, 0.2) is 30.6 Å². The summed E-state index contributed by atoms with van der Waals surface area (Å²) in [6.07, 6.45) is 4.95. The van der Waals surface area contributed by atoms with Crippen molar-refractivity contribution in [1.29, 1.82) is 0 Å². The predicted octanol–water partition coefficient (Wildman–Crippen LogP) is 2.17. The van der Waals surface area contributed by atoms with E-state index in [-0.39, 0.29) is 0 Å². The summed E-state index contributed by atoms with van der Waals surface area (Å²) in [4.78, 5) is 4.28. The third kappa shape index (κ3) is 2.00. The Balaban J connectivity index is 1.81. The lowest BCUT2D eigenvalue weighted by Crippen LogP contribution is -2.27. The Labute approximate surface area is 101 Å². The molecule has 4 nitrogen and oxygen atoms in total. The monoisotopic (exact) mass is 231 g/mol. The van der Waals surface area contributed by atoms with Gasteiger partial charge in [0.25, 0.3) is 0 Å². The second-order valence-electron chi connectivity index (χ2n) is 4.62. The molecule has 3 heterocycles. The molecule has 0 aromatic carbocycles. The van der Waals surface area contributed by atoms with Crippen molar-refractivity contribution in [2.24, 2.45) is 5.92 Å². The van der Waals surface area contributed by atoms with Gasteiger partial charge in [-0.25, -0.2) is 4.98 Å². The average molecular weight is 231 g/mol. The molecule has 0 radical (unpaired) electrons. The number of hydrogen-bond acceptors (Lipinski definition) is 3. The maximum atomic E-state index is 5.43. The lowest BCUT2D eigenvalue weighted by molar-refractivity contribution is 0.183. The molecule has 1 N–H and O–H groups in total. The van der Waals surface area contributed by atoms with Crippen LogP contribution in [0.1, 0.15) is 13.3 Å². The fraction of sp³-hybridized carbons (Fsp3) is 0.462. The summed E-state index contributed by atoms with van der Waals surface area (Å²) >= 11 is 0. The first-order chi connectivity index (χ1) is 8.34. The zero-order valence-electron chi connectivity index (χ0n) is 9.97. The molecule has 0 amide bonds. The highest BCUT2D eigenvalue weighted by atomic mass is 16.5. The standard InChI is InChI=1S/C13H17N3O/c1-10(11-5-8-17-9-11)15-13-4-2-3-12-14-6-7-16(12)13/h2-4,6-7,10-11,15H,5,8-9H2,1H3. The lowest BCUT2D eigenvalue weighted by atomic mass is 10.0. The van der Waals surface area contributed by atoms with E-state index in [0.29, 0.717) is 12.0 Å².